The standard InChI is InChI=1S/C13H20N2O4S2/c1-7(2)9(15(3)11(17)5-20)4-10(16)12-14-8(6-21-12)13(18)19/h6-7,9-10,16,20H,4-5H2,1-3H3,(H,18,19). The zero-order valence-corrected chi connectivity index (χ0v) is 13.9. The summed E-state index contributed by atoms with van der Waals surface area (Å²) in [5.74, 6) is -0.981. The molecule has 0 radical (unpaired) electrons. The largest absolute Gasteiger partial charge is 0.476 e. The molecule has 2 atom stereocenters. The Kier molecular flexibility index (Phi) is 6.63. The van der Waals surface area contributed by atoms with Crippen molar-refractivity contribution in [2.75, 3.05) is 12.8 Å². The van der Waals surface area contributed by atoms with Gasteiger partial charge in [-0.2, -0.15) is 12.6 Å². The van der Waals surface area contributed by atoms with E-state index < -0.39 is 12.1 Å². The number of aromatic carboxylic acids is 1. The average Bonchev–Trinajstić information content (AvgIpc) is 2.92. The molecular weight excluding hydrogens is 312 g/mol. The van der Waals surface area contributed by atoms with E-state index in [0.29, 0.717) is 11.4 Å². The van der Waals surface area contributed by atoms with Crippen LogP contribution in [0.2, 0.25) is 0 Å². The van der Waals surface area contributed by atoms with Gasteiger partial charge in [0, 0.05) is 24.9 Å². The summed E-state index contributed by atoms with van der Waals surface area (Å²) >= 11 is 5.08. The molecule has 1 aromatic rings. The van der Waals surface area contributed by atoms with Gasteiger partial charge in [0.2, 0.25) is 5.91 Å². The summed E-state index contributed by atoms with van der Waals surface area (Å²) in [6, 6.07) is -0.170. The lowest BCUT2D eigenvalue weighted by Gasteiger charge is -2.32. The smallest absolute Gasteiger partial charge is 0.355 e. The highest BCUT2D eigenvalue weighted by molar-refractivity contribution is 7.81. The number of aliphatic hydroxyl groups is 1. The Morgan fingerprint density at radius 3 is 2.52 bits per heavy atom. The second kappa shape index (κ2) is 7.77. The van der Waals surface area contributed by atoms with Crippen molar-refractivity contribution in [3.05, 3.63) is 16.1 Å². The first-order valence-corrected chi connectivity index (χ1v) is 8.02. The van der Waals surface area contributed by atoms with Crippen LogP contribution in [0.3, 0.4) is 0 Å². The quantitative estimate of drug-likeness (QED) is 0.661. The number of hydrogen-bond donors (Lipinski definition) is 3. The first kappa shape index (κ1) is 17.9. The van der Waals surface area contributed by atoms with Crippen LogP contribution in [0.15, 0.2) is 5.38 Å². The molecule has 0 aliphatic heterocycles. The molecule has 0 aliphatic rings. The summed E-state index contributed by atoms with van der Waals surface area (Å²) in [5, 5.41) is 20.8. The van der Waals surface area contributed by atoms with Crippen LogP contribution in [-0.4, -0.2) is 50.8 Å². The molecule has 118 valence electrons. The Hall–Kier alpha value is -1.12. The summed E-state index contributed by atoms with van der Waals surface area (Å²) < 4.78 is 0. The number of carboxylic acids is 1. The summed E-state index contributed by atoms with van der Waals surface area (Å²) in [4.78, 5) is 28.0. The van der Waals surface area contributed by atoms with Gasteiger partial charge in [-0.25, -0.2) is 9.78 Å². The van der Waals surface area contributed by atoms with Gasteiger partial charge in [-0.3, -0.25) is 4.79 Å². The van der Waals surface area contributed by atoms with Gasteiger partial charge in [-0.15, -0.1) is 11.3 Å². The normalized spacial score (nSPS) is 14.0. The van der Waals surface area contributed by atoms with Crippen molar-refractivity contribution in [3.8, 4) is 0 Å². The molecule has 0 bridgehead atoms. The number of thiazole rings is 1. The van der Waals surface area contributed by atoms with E-state index in [1.807, 2.05) is 13.8 Å². The summed E-state index contributed by atoms with van der Waals surface area (Å²) in [5.41, 5.74) is -0.0741. The van der Waals surface area contributed by atoms with Gasteiger partial charge in [0.25, 0.3) is 0 Å². The third kappa shape index (κ3) is 4.69. The third-order valence-corrected chi connectivity index (χ3v) is 4.50. The number of amides is 1. The Morgan fingerprint density at radius 1 is 1.48 bits per heavy atom. The van der Waals surface area contributed by atoms with Crippen LogP contribution in [0.1, 0.15) is 41.9 Å². The van der Waals surface area contributed by atoms with E-state index in [9.17, 15) is 14.7 Å². The molecule has 2 unspecified atom stereocenters. The van der Waals surface area contributed by atoms with Crippen molar-refractivity contribution >= 4 is 35.8 Å². The van der Waals surface area contributed by atoms with Crippen LogP contribution in [0.4, 0.5) is 0 Å². The van der Waals surface area contributed by atoms with Crippen molar-refractivity contribution in [2.24, 2.45) is 5.92 Å². The molecule has 0 fully saturated rings. The Labute approximate surface area is 133 Å². The van der Waals surface area contributed by atoms with Crippen LogP contribution in [0, 0.1) is 5.92 Å². The minimum Gasteiger partial charge on any atom is -0.476 e. The highest BCUT2D eigenvalue weighted by atomic mass is 32.1. The molecule has 6 nitrogen and oxygen atoms in total. The minimum atomic E-state index is -1.12. The third-order valence-electron chi connectivity index (χ3n) is 3.29. The molecule has 2 N–H and O–H groups in total. The van der Waals surface area contributed by atoms with E-state index in [1.54, 1.807) is 11.9 Å². The maximum absolute atomic E-state index is 11.7. The fraction of sp³-hybridized carbons (Fsp3) is 0.615. The van der Waals surface area contributed by atoms with Gasteiger partial charge < -0.3 is 15.1 Å². The number of hydrogen-bond acceptors (Lipinski definition) is 6. The molecular formula is C13H20N2O4S2. The lowest BCUT2D eigenvalue weighted by atomic mass is 9.96. The van der Waals surface area contributed by atoms with E-state index in [-0.39, 0.29) is 29.3 Å². The van der Waals surface area contributed by atoms with Crippen LogP contribution >= 0.6 is 24.0 Å². The minimum absolute atomic E-state index is 0.0741. The number of nitrogens with zero attached hydrogens (tertiary/aromatic N) is 2. The highest BCUT2D eigenvalue weighted by Crippen LogP contribution is 2.26. The molecule has 0 spiro atoms. The number of rotatable bonds is 7. The first-order chi connectivity index (χ1) is 9.77. The molecule has 0 saturated carbocycles. The Bertz CT molecular complexity index is 504. The van der Waals surface area contributed by atoms with Crippen molar-refractivity contribution in [1.29, 1.82) is 0 Å². The molecule has 1 amide bonds. The number of thiol groups is 1. The van der Waals surface area contributed by atoms with E-state index in [4.69, 9.17) is 5.11 Å². The van der Waals surface area contributed by atoms with E-state index in [0.717, 1.165) is 11.3 Å². The molecule has 8 heteroatoms. The Morgan fingerprint density at radius 2 is 2.10 bits per heavy atom. The van der Waals surface area contributed by atoms with E-state index in [2.05, 4.69) is 17.6 Å². The predicted octanol–water partition coefficient (Wildman–Crippen LogP) is 1.68. The number of aliphatic hydroxyl groups excluding tert-OH is 1. The zero-order chi connectivity index (χ0) is 16.2. The topological polar surface area (TPSA) is 90.7 Å². The summed E-state index contributed by atoms with van der Waals surface area (Å²) in [6.45, 7) is 3.93. The van der Waals surface area contributed by atoms with Crippen molar-refractivity contribution in [3.63, 3.8) is 0 Å². The average molecular weight is 332 g/mol. The molecule has 1 heterocycles. The van der Waals surface area contributed by atoms with Crippen LogP contribution in [-0.2, 0) is 4.79 Å². The fourth-order valence-electron chi connectivity index (χ4n) is 2.04. The SMILES string of the molecule is CC(C)C(CC(O)c1nc(C(=O)O)cs1)N(C)C(=O)CS. The van der Waals surface area contributed by atoms with Gasteiger partial charge in [0.05, 0.1) is 5.75 Å². The van der Waals surface area contributed by atoms with E-state index in [1.165, 1.54) is 5.38 Å². The van der Waals surface area contributed by atoms with Crippen molar-refractivity contribution in [1.82, 2.24) is 9.88 Å². The van der Waals surface area contributed by atoms with Gasteiger partial charge in [-0.05, 0) is 5.92 Å². The number of carbonyl (C=O) groups is 2. The second-order valence-corrected chi connectivity index (χ2v) is 6.31. The molecule has 1 rings (SSSR count). The van der Waals surface area contributed by atoms with Gasteiger partial charge in [0.1, 0.15) is 11.1 Å². The van der Waals surface area contributed by atoms with Crippen molar-refractivity contribution < 1.29 is 19.8 Å². The summed E-state index contributed by atoms with van der Waals surface area (Å²) in [6.07, 6.45) is -0.592. The van der Waals surface area contributed by atoms with Crippen LogP contribution in [0.5, 0.6) is 0 Å². The number of carbonyl (C=O) groups excluding carboxylic acids is 1. The highest BCUT2D eigenvalue weighted by Gasteiger charge is 2.27. The van der Waals surface area contributed by atoms with E-state index >= 15 is 0 Å². The van der Waals surface area contributed by atoms with Gasteiger partial charge in [-0.1, -0.05) is 13.8 Å². The lowest BCUT2D eigenvalue weighted by Crippen LogP contribution is -2.42. The van der Waals surface area contributed by atoms with Gasteiger partial charge >= 0.3 is 5.97 Å². The monoisotopic (exact) mass is 332 g/mol. The molecule has 21 heavy (non-hydrogen) atoms. The maximum Gasteiger partial charge on any atom is 0.355 e. The number of carboxylic acid groups (broad SMARTS) is 1. The first-order valence-electron chi connectivity index (χ1n) is 6.51. The van der Waals surface area contributed by atoms with Crippen LogP contribution < -0.4 is 0 Å². The molecule has 0 saturated heterocycles. The fourth-order valence-corrected chi connectivity index (χ4v) is 3.06. The summed E-state index contributed by atoms with van der Waals surface area (Å²) in [7, 11) is 1.68. The second-order valence-electron chi connectivity index (χ2n) is 5.10. The lowest BCUT2D eigenvalue weighted by molar-refractivity contribution is -0.130. The molecule has 0 aliphatic carbocycles. The maximum atomic E-state index is 11.7. The Balaban J connectivity index is 2.82. The van der Waals surface area contributed by atoms with Gasteiger partial charge in [0.15, 0.2) is 5.69 Å². The number of aromatic nitrogens is 1. The molecule has 1 aromatic heterocycles. The molecule has 0 aromatic carbocycles. The van der Waals surface area contributed by atoms with Crippen molar-refractivity contribution in [2.45, 2.75) is 32.4 Å². The predicted molar refractivity (Wildman–Crippen MR) is 83.9 cm³/mol. The zero-order valence-electron chi connectivity index (χ0n) is 12.2. The van der Waals surface area contributed by atoms with Crippen LogP contribution in [0.25, 0.3) is 0 Å².